The van der Waals surface area contributed by atoms with E-state index < -0.39 is 0 Å². The quantitative estimate of drug-likeness (QED) is 0.807. The number of hydrogen-bond acceptors (Lipinski definition) is 4. The van der Waals surface area contributed by atoms with E-state index in [2.05, 4.69) is 9.97 Å². The first kappa shape index (κ1) is 13.5. The van der Waals surface area contributed by atoms with Crippen molar-refractivity contribution in [3.05, 3.63) is 54.1 Å². The number of imidazole rings is 1. The van der Waals surface area contributed by atoms with Crippen LogP contribution in [-0.4, -0.2) is 21.6 Å². The summed E-state index contributed by atoms with van der Waals surface area (Å²) < 4.78 is 7.30. The molecule has 0 aliphatic carbocycles. The highest BCUT2D eigenvalue weighted by atomic mass is 35.5. The van der Waals surface area contributed by atoms with Crippen LogP contribution < -0.4 is 10.5 Å². The van der Waals surface area contributed by atoms with Gasteiger partial charge in [0.2, 0.25) is 0 Å². The molecule has 2 N–H and O–H groups in total. The normalized spacial score (nSPS) is 10.6. The van der Waals surface area contributed by atoms with Crippen LogP contribution in [0.2, 0.25) is 5.02 Å². The molecule has 5 nitrogen and oxygen atoms in total. The molecule has 1 aromatic carbocycles. The van der Waals surface area contributed by atoms with Gasteiger partial charge in [0.15, 0.2) is 0 Å². The van der Waals surface area contributed by atoms with Gasteiger partial charge in [-0.3, -0.25) is 4.57 Å². The zero-order valence-electron chi connectivity index (χ0n) is 11.3. The van der Waals surface area contributed by atoms with Crippen molar-refractivity contribution >= 4 is 17.4 Å². The van der Waals surface area contributed by atoms with Crippen LogP contribution in [-0.2, 0) is 0 Å². The Balaban J connectivity index is 2.18. The van der Waals surface area contributed by atoms with E-state index in [1.165, 1.54) is 0 Å². The highest BCUT2D eigenvalue weighted by Crippen LogP contribution is 2.30. The smallest absolute Gasteiger partial charge is 0.143 e. The molecule has 0 radical (unpaired) electrons. The Labute approximate surface area is 127 Å². The second kappa shape index (κ2) is 5.46. The van der Waals surface area contributed by atoms with Crippen LogP contribution in [0.5, 0.6) is 5.75 Å². The maximum atomic E-state index is 6.09. The highest BCUT2D eigenvalue weighted by molar-refractivity contribution is 6.30. The van der Waals surface area contributed by atoms with Gasteiger partial charge in [-0.05, 0) is 30.3 Å². The summed E-state index contributed by atoms with van der Waals surface area (Å²) in [5, 5.41) is 0.625. The van der Waals surface area contributed by atoms with Gasteiger partial charge in [-0.2, -0.15) is 0 Å². The number of pyridine rings is 1. The van der Waals surface area contributed by atoms with Crippen molar-refractivity contribution < 1.29 is 4.74 Å². The van der Waals surface area contributed by atoms with E-state index in [1.807, 2.05) is 22.8 Å². The van der Waals surface area contributed by atoms with Gasteiger partial charge in [0.25, 0.3) is 0 Å². The van der Waals surface area contributed by atoms with Gasteiger partial charge < -0.3 is 10.5 Å². The van der Waals surface area contributed by atoms with E-state index in [9.17, 15) is 0 Å². The largest absolute Gasteiger partial charge is 0.495 e. The van der Waals surface area contributed by atoms with Crippen molar-refractivity contribution in [2.24, 2.45) is 0 Å². The molecule has 106 valence electrons. The van der Waals surface area contributed by atoms with Gasteiger partial charge in [0, 0.05) is 16.8 Å². The first-order valence-corrected chi connectivity index (χ1v) is 6.65. The third kappa shape index (κ3) is 2.55. The van der Waals surface area contributed by atoms with E-state index in [-0.39, 0.29) is 0 Å². The molecule has 6 heteroatoms. The number of hydrogen-bond donors (Lipinski definition) is 1. The third-order valence-corrected chi connectivity index (χ3v) is 3.35. The Morgan fingerprint density at radius 3 is 2.86 bits per heavy atom. The van der Waals surface area contributed by atoms with Gasteiger partial charge in [0.05, 0.1) is 31.0 Å². The molecule has 0 spiro atoms. The molecular formula is C15H13ClN4O. The number of nitrogens with zero attached hydrogens (tertiary/aromatic N) is 3. The number of nitrogen functional groups attached to an aromatic ring is 1. The second-order valence-electron chi connectivity index (χ2n) is 4.43. The molecule has 0 atom stereocenters. The maximum absolute atomic E-state index is 6.09. The molecular weight excluding hydrogens is 288 g/mol. The Hall–Kier alpha value is -2.53. The lowest BCUT2D eigenvalue weighted by Gasteiger charge is -2.13. The molecule has 0 aliphatic rings. The highest BCUT2D eigenvalue weighted by Gasteiger charge is 2.12. The predicted octanol–water partition coefficient (Wildman–Crippen LogP) is 3.18. The summed E-state index contributed by atoms with van der Waals surface area (Å²) in [6.45, 7) is 0. The average molecular weight is 301 g/mol. The lowest BCUT2D eigenvalue weighted by Crippen LogP contribution is -1.99. The summed E-state index contributed by atoms with van der Waals surface area (Å²) in [6.07, 6.45) is 5.13. The summed E-state index contributed by atoms with van der Waals surface area (Å²) in [5.41, 5.74) is 8.36. The SMILES string of the molecule is COc1ccc(Cl)cc1-n1cncc1-c1ccnc(N)c1. The van der Waals surface area contributed by atoms with Crippen LogP contribution >= 0.6 is 11.6 Å². The van der Waals surface area contributed by atoms with Crippen molar-refractivity contribution in [2.75, 3.05) is 12.8 Å². The van der Waals surface area contributed by atoms with E-state index in [1.54, 1.807) is 38.0 Å². The molecule has 2 heterocycles. The van der Waals surface area contributed by atoms with Crippen LogP contribution in [0.4, 0.5) is 5.82 Å². The van der Waals surface area contributed by atoms with Gasteiger partial charge in [-0.1, -0.05) is 11.6 Å². The summed E-state index contributed by atoms with van der Waals surface area (Å²) in [4.78, 5) is 8.21. The van der Waals surface area contributed by atoms with Crippen molar-refractivity contribution in [1.82, 2.24) is 14.5 Å². The molecule has 0 amide bonds. The number of benzene rings is 1. The lowest BCUT2D eigenvalue weighted by molar-refractivity contribution is 0.413. The van der Waals surface area contributed by atoms with Gasteiger partial charge in [-0.25, -0.2) is 9.97 Å². The molecule has 0 fully saturated rings. The van der Waals surface area contributed by atoms with E-state index >= 15 is 0 Å². The standard InChI is InChI=1S/C15H13ClN4O/c1-21-14-3-2-11(16)7-12(14)20-9-18-8-13(20)10-4-5-19-15(17)6-10/h2-9H,1H3,(H2,17,19). The predicted molar refractivity (Wildman–Crippen MR) is 82.8 cm³/mol. The summed E-state index contributed by atoms with van der Waals surface area (Å²) >= 11 is 6.09. The number of aromatic nitrogens is 3. The molecule has 3 rings (SSSR count). The van der Waals surface area contributed by atoms with E-state index in [0.29, 0.717) is 16.6 Å². The fourth-order valence-corrected chi connectivity index (χ4v) is 2.33. The Kier molecular flexibility index (Phi) is 3.50. The topological polar surface area (TPSA) is 66.0 Å². The van der Waals surface area contributed by atoms with Gasteiger partial charge >= 0.3 is 0 Å². The minimum atomic E-state index is 0.457. The Morgan fingerprint density at radius 2 is 2.10 bits per heavy atom. The van der Waals surface area contributed by atoms with Crippen molar-refractivity contribution in [1.29, 1.82) is 0 Å². The van der Waals surface area contributed by atoms with Gasteiger partial charge in [-0.15, -0.1) is 0 Å². The fourth-order valence-electron chi connectivity index (χ4n) is 2.16. The van der Waals surface area contributed by atoms with E-state index in [4.69, 9.17) is 22.1 Å². The third-order valence-electron chi connectivity index (χ3n) is 3.12. The number of halogens is 1. The van der Waals surface area contributed by atoms with Crippen molar-refractivity contribution in [2.45, 2.75) is 0 Å². The average Bonchev–Trinajstić information content (AvgIpc) is 2.96. The zero-order chi connectivity index (χ0) is 14.8. The number of methoxy groups -OCH3 is 1. The number of nitrogens with two attached hydrogens (primary N) is 1. The molecule has 0 bridgehead atoms. The molecule has 0 aliphatic heterocycles. The molecule has 3 aromatic rings. The summed E-state index contributed by atoms with van der Waals surface area (Å²) in [5.74, 6) is 1.17. The Bertz CT molecular complexity index is 785. The van der Waals surface area contributed by atoms with Crippen LogP contribution in [0.3, 0.4) is 0 Å². The first-order valence-electron chi connectivity index (χ1n) is 6.27. The number of ether oxygens (including phenoxy) is 1. The minimum Gasteiger partial charge on any atom is -0.495 e. The van der Waals surface area contributed by atoms with Crippen LogP contribution in [0.25, 0.3) is 16.9 Å². The molecule has 2 aromatic heterocycles. The second-order valence-corrected chi connectivity index (χ2v) is 4.87. The van der Waals surface area contributed by atoms with Crippen molar-refractivity contribution in [3.63, 3.8) is 0 Å². The molecule has 21 heavy (non-hydrogen) atoms. The molecule has 0 unspecified atom stereocenters. The first-order chi connectivity index (χ1) is 10.2. The van der Waals surface area contributed by atoms with Crippen LogP contribution in [0.1, 0.15) is 0 Å². The lowest BCUT2D eigenvalue weighted by atomic mass is 10.2. The van der Waals surface area contributed by atoms with Crippen molar-refractivity contribution in [3.8, 4) is 22.7 Å². The summed E-state index contributed by atoms with van der Waals surface area (Å²) in [7, 11) is 1.62. The van der Waals surface area contributed by atoms with Crippen LogP contribution in [0.15, 0.2) is 49.1 Å². The zero-order valence-corrected chi connectivity index (χ0v) is 12.1. The monoisotopic (exact) mass is 300 g/mol. The number of rotatable bonds is 3. The fraction of sp³-hybridized carbons (Fsp3) is 0.0667. The Morgan fingerprint density at radius 1 is 1.24 bits per heavy atom. The summed E-state index contributed by atoms with van der Waals surface area (Å²) in [6, 6.07) is 9.11. The number of anilines is 1. The van der Waals surface area contributed by atoms with E-state index in [0.717, 1.165) is 16.9 Å². The molecule has 0 saturated heterocycles. The van der Waals surface area contributed by atoms with Gasteiger partial charge in [0.1, 0.15) is 11.6 Å². The minimum absolute atomic E-state index is 0.457. The maximum Gasteiger partial charge on any atom is 0.143 e. The van der Waals surface area contributed by atoms with Crippen LogP contribution in [0, 0.1) is 0 Å². The molecule has 0 saturated carbocycles.